The molecule has 0 aliphatic carbocycles. The van der Waals surface area contributed by atoms with Crippen molar-refractivity contribution in [3.8, 4) is 5.69 Å². The molecule has 2 aromatic carbocycles. The van der Waals surface area contributed by atoms with E-state index in [2.05, 4.69) is 10.4 Å². The fourth-order valence-corrected chi connectivity index (χ4v) is 4.86. The van der Waals surface area contributed by atoms with Gasteiger partial charge in [0.25, 0.3) is 5.91 Å². The van der Waals surface area contributed by atoms with Crippen molar-refractivity contribution >= 4 is 49.1 Å². The van der Waals surface area contributed by atoms with Gasteiger partial charge >= 0.3 is 12.1 Å². The van der Waals surface area contributed by atoms with Gasteiger partial charge in [0.15, 0.2) is 6.61 Å². The standard InChI is InChI=1S/C22H17F3N4O5S2/c1-12-17-10-18(35-20(17)29(28-12)15-4-2-3-13(9-15)22(23,24)25)21(31)34-11-19(30)27-14-5-7-16(8-6-14)36(26,32)33/h2-10H,11H2,1H3,(H,27,30)(H2,26,32,33). The predicted molar refractivity (Wildman–Crippen MR) is 125 cm³/mol. The van der Waals surface area contributed by atoms with Gasteiger partial charge in [-0.15, -0.1) is 11.3 Å². The van der Waals surface area contributed by atoms with E-state index < -0.39 is 40.2 Å². The summed E-state index contributed by atoms with van der Waals surface area (Å²) in [5.41, 5.74) is 0.112. The average Bonchev–Trinajstić information content (AvgIpc) is 3.37. The number of primary sulfonamides is 1. The van der Waals surface area contributed by atoms with Gasteiger partial charge < -0.3 is 10.1 Å². The number of thiophene rings is 1. The van der Waals surface area contributed by atoms with E-state index in [9.17, 15) is 31.2 Å². The predicted octanol–water partition coefficient (Wildman–Crippen LogP) is 3.86. The minimum absolute atomic E-state index is 0.129. The van der Waals surface area contributed by atoms with E-state index in [1.54, 1.807) is 6.92 Å². The van der Waals surface area contributed by atoms with Crippen LogP contribution in [0.4, 0.5) is 18.9 Å². The molecule has 36 heavy (non-hydrogen) atoms. The highest BCUT2D eigenvalue weighted by Crippen LogP contribution is 2.34. The Bertz CT molecular complexity index is 1580. The number of halogens is 3. The van der Waals surface area contributed by atoms with Crippen LogP contribution in [0.25, 0.3) is 15.9 Å². The number of aryl methyl sites for hydroxylation is 1. The van der Waals surface area contributed by atoms with E-state index in [0.717, 1.165) is 23.5 Å². The summed E-state index contributed by atoms with van der Waals surface area (Å²) in [5, 5.41) is 12.3. The number of hydrogen-bond acceptors (Lipinski definition) is 7. The van der Waals surface area contributed by atoms with Crippen LogP contribution in [-0.2, 0) is 25.7 Å². The molecule has 4 aromatic rings. The maximum atomic E-state index is 13.1. The Morgan fingerprint density at radius 1 is 1.14 bits per heavy atom. The van der Waals surface area contributed by atoms with Crippen molar-refractivity contribution in [3.63, 3.8) is 0 Å². The summed E-state index contributed by atoms with van der Waals surface area (Å²) in [5.74, 6) is -1.47. The molecule has 2 heterocycles. The van der Waals surface area contributed by atoms with Gasteiger partial charge in [0.2, 0.25) is 10.0 Å². The maximum Gasteiger partial charge on any atom is 0.416 e. The van der Waals surface area contributed by atoms with Crippen LogP contribution < -0.4 is 10.5 Å². The van der Waals surface area contributed by atoms with E-state index in [1.165, 1.54) is 47.1 Å². The van der Waals surface area contributed by atoms with Gasteiger partial charge in [0.1, 0.15) is 9.71 Å². The van der Waals surface area contributed by atoms with Crippen LogP contribution in [0.3, 0.4) is 0 Å². The van der Waals surface area contributed by atoms with Crippen LogP contribution in [0.1, 0.15) is 20.9 Å². The lowest BCUT2D eigenvalue weighted by Crippen LogP contribution is -2.20. The van der Waals surface area contributed by atoms with Crippen molar-refractivity contribution in [2.24, 2.45) is 5.14 Å². The van der Waals surface area contributed by atoms with Gasteiger partial charge in [-0.25, -0.2) is 23.0 Å². The lowest BCUT2D eigenvalue weighted by Gasteiger charge is -2.09. The molecule has 3 N–H and O–H groups in total. The Kier molecular flexibility index (Phi) is 6.60. The first-order valence-corrected chi connectivity index (χ1v) is 12.5. The Morgan fingerprint density at radius 2 is 1.83 bits per heavy atom. The number of nitrogens with two attached hydrogens (primary N) is 1. The highest BCUT2D eigenvalue weighted by molar-refractivity contribution is 7.89. The zero-order valence-electron chi connectivity index (χ0n) is 18.4. The van der Waals surface area contributed by atoms with Gasteiger partial charge in [-0.2, -0.15) is 18.3 Å². The Hall–Kier alpha value is -3.75. The Labute approximate surface area is 206 Å². The highest BCUT2D eigenvalue weighted by atomic mass is 32.2. The molecule has 0 aliphatic heterocycles. The van der Waals surface area contributed by atoms with E-state index in [1.807, 2.05) is 0 Å². The quantitative estimate of drug-likeness (QED) is 0.358. The summed E-state index contributed by atoms with van der Waals surface area (Å²) in [6, 6.07) is 11.2. The number of nitrogens with one attached hydrogen (secondary N) is 1. The third-order valence-electron chi connectivity index (χ3n) is 4.96. The third-order valence-corrected chi connectivity index (χ3v) is 6.98. The Morgan fingerprint density at radius 3 is 2.47 bits per heavy atom. The number of fused-ring (bicyclic) bond motifs is 1. The normalized spacial score (nSPS) is 12.0. The number of benzene rings is 2. The van der Waals surface area contributed by atoms with Crippen molar-refractivity contribution in [2.45, 2.75) is 18.0 Å². The molecular formula is C22H17F3N4O5S2. The van der Waals surface area contributed by atoms with Crippen molar-refractivity contribution in [1.82, 2.24) is 9.78 Å². The van der Waals surface area contributed by atoms with E-state index in [4.69, 9.17) is 9.88 Å². The lowest BCUT2D eigenvalue weighted by molar-refractivity contribution is -0.137. The number of nitrogens with zero attached hydrogens (tertiary/aromatic N) is 2. The molecule has 4 rings (SSSR count). The van der Waals surface area contributed by atoms with Crippen molar-refractivity contribution < 1.29 is 35.9 Å². The van der Waals surface area contributed by atoms with Crippen LogP contribution >= 0.6 is 11.3 Å². The maximum absolute atomic E-state index is 13.1. The molecule has 14 heteroatoms. The van der Waals surface area contributed by atoms with Crippen molar-refractivity contribution in [1.29, 1.82) is 0 Å². The smallest absolute Gasteiger partial charge is 0.416 e. The van der Waals surface area contributed by atoms with Crippen molar-refractivity contribution in [3.05, 3.63) is 70.7 Å². The molecule has 0 bridgehead atoms. The lowest BCUT2D eigenvalue weighted by atomic mass is 10.2. The van der Waals surface area contributed by atoms with Gasteiger partial charge in [-0.3, -0.25) is 4.79 Å². The topological polar surface area (TPSA) is 133 Å². The minimum Gasteiger partial charge on any atom is -0.451 e. The summed E-state index contributed by atoms with van der Waals surface area (Å²) in [6.45, 7) is 1.03. The van der Waals surface area contributed by atoms with Gasteiger partial charge in [-0.1, -0.05) is 6.07 Å². The summed E-state index contributed by atoms with van der Waals surface area (Å²) >= 11 is 0.965. The molecular weight excluding hydrogens is 521 g/mol. The summed E-state index contributed by atoms with van der Waals surface area (Å²) in [4.78, 5) is 25.1. The fraction of sp³-hybridized carbons (Fsp3) is 0.136. The highest BCUT2D eigenvalue weighted by Gasteiger charge is 2.31. The molecule has 1 amide bonds. The van der Waals surface area contributed by atoms with Gasteiger partial charge in [0.05, 0.1) is 21.8 Å². The number of sulfonamides is 1. The first-order chi connectivity index (χ1) is 16.8. The molecule has 0 atom stereocenters. The molecule has 9 nitrogen and oxygen atoms in total. The number of ether oxygens (including phenoxy) is 1. The number of hydrogen-bond donors (Lipinski definition) is 2. The Balaban J connectivity index is 1.47. The van der Waals surface area contributed by atoms with E-state index in [-0.39, 0.29) is 21.1 Å². The summed E-state index contributed by atoms with van der Waals surface area (Å²) < 4.78 is 68.3. The molecule has 0 spiro atoms. The number of carbonyl (C=O) groups excluding carboxylic acids is 2. The zero-order chi connectivity index (χ0) is 26.3. The van der Waals surface area contributed by atoms with Gasteiger partial charge in [0, 0.05) is 11.1 Å². The third kappa shape index (κ3) is 5.40. The number of aromatic nitrogens is 2. The van der Waals surface area contributed by atoms with Crippen LogP contribution in [0.2, 0.25) is 0 Å². The van der Waals surface area contributed by atoms with Crippen LogP contribution in [-0.4, -0.2) is 36.7 Å². The number of esters is 1. The first kappa shape index (κ1) is 25.3. The molecule has 0 aliphatic rings. The molecule has 0 fully saturated rings. The molecule has 188 valence electrons. The number of carbonyl (C=O) groups is 2. The second kappa shape index (κ2) is 9.37. The second-order valence-corrected chi connectivity index (χ2v) is 10.2. The SMILES string of the molecule is Cc1nn(-c2cccc(C(F)(F)F)c2)c2sc(C(=O)OCC(=O)Nc3ccc(S(N)(=O)=O)cc3)cc12. The summed E-state index contributed by atoms with van der Waals surface area (Å²) in [7, 11) is -3.88. The van der Waals surface area contributed by atoms with E-state index in [0.29, 0.717) is 15.9 Å². The molecule has 0 unspecified atom stereocenters. The summed E-state index contributed by atoms with van der Waals surface area (Å²) in [6.07, 6.45) is -4.52. The second-order valence-electron chi connectivity index (χ2n) is 7.57. The number of rotatable bonds is 6. The minimum atomic E-state index is -4.52. The average molecular weight is 539 g/mol. The number of anilines is 1. The zero-order valence-corrected chi connectivity index (χ0v) is 20.0. The van der Waals surface area contributed by atoms with Crippen LogP contribution in [0, 0.1) is 6.92 Å². The van der Waals surface area contributed by atoms with E-state index >= 15 is 0 Å². The number of amides is 1. The monoisotopic (exact) mass is 538 g/mol. The number of alkyl halides is 3. The fourth-order valence-electron chi connectivity index (χ4n) is 3.26. The molecule has 0 radical (unpaired) electrons. The first-order valence-electron chi connectivity index (χ1n) is 10.1. The van der Waals surface area contributed by atoms with Crippen LogP contribution in [0.5, 0.6) is 0 Å². The van der Waals surface area contributed by atoms with Crippen LogP contribution in [0.15, 0.2) is 59.5 Å². The molecule has 2 aromatic heterocycles. The van der Waals surface area contributed by atoms with Gasteiger partial charge in [-0.05, 0) is 55.5 Å². The van der Waals surface area contributed by atoms with Crippen molar-refractivity contribution in [2.75, 3.05) is 11.9 Å². The molecule has 0 saturated heterocycles. The largest absolute Gasteiger partial charge is 0.451 e. The molecule has 0 saturated carbocycles.